The van der Waals surface area contributed by atoms with E-state index >= 15 is 0 Å². The van der Waals surface area contributed by atoms with Crippen molar-refractivity contribution in [1.82, 2.24) is 5.32 Å². The number of hydrogen-bond acceptors (Lipinski definition) is 2. The molecular formula is C18H31NO. The van der Waals surface area contributed by atoms with Gasteiger partial charge in [-0.25, -0.2) is 0 Å². The van der Waals surface area contributed by atoms with E-state index < -0.39 is 0 Å². The van der Waals surface area contributed by atoms with E-state index in [0.717, 1.165) is 25.0 Å². The molecule has 114 valence electrons. The molecule has 4 saturated carbocycles. The van der Waals surface area contributed by atoms with Gasteiger partial charge in [0.15, 0.2) is 0 Å². The van der Waals surface area contributed by atoms with Gasteiger partial charge in [0.1, 0.15) is 0 Å². The Morgan fingerprint density at radius 3 is 2.40 bits per heavy atom. The molecule has 20 heavy (non-hydrogen) atoms. The molecule has 2 heteroatoms. The van der Waals surface area contributed by atoms with E-state index in [9.17, 15) is 0 Å². The minimum atomic E-state index is 0.473. The summed E-state index contributed by atoms with van der Waals surface area (Å²) in [6, 6.07) is 0. The zero-order valence-electron chi connectivity index (χ0n) is 13.3. The van der Waals surface area contributed by atoms with E-state index in [1.807, 2.05) is 0 Å². The number of ether oxygens (including phenoxy) is 1. The van der Waals surface area contributed by atoms with Crippen LogP contribution in [0.5, 0.6) is 0 Å². The molecule has 1 aliphatic heterocycles. The van der Waals surface area contributed by atoms with Crippen molar-refractivity contribution in [3.63, 3.8) is 0 Å². The molecule has 3 atom stereocenters. The molecule has 4 aliphatic carbocycles. The second kappa shape index (κ2) is 4.46. The van der Waals surface area contributed by atoms with Gasteiger partial charge < -0.3 is 10.1 Å². The van der Waals surface area contributed by atoms with Crippen molar-refractivity contribution in [1.29, 1.82) is 0 Å². The van der Waals surface area contributed by atoms with Gasteiger partial charge in [0.25, 0.3) is 0 Å². The Hall–Kier alpha value is -0.0800. The van der Waals surface area contributed by atoms with E-state index in [4.69, 9.17) is 4.74 Å². The molecule has 1 N–H and O–H groups in total. The monoisotopic (exact) mass is 277 g/mol. The van der Waals surface area contributed by atoms with Gasteiger partial charge in [-0.05, 0) is 74.0 Å². The topological polar surface area (TPSA) is 21.3 Å². The maximum Gasteiger partial charge on any atom is 0.0506 e. The first kappa shape index (κ1) is 13.6. The summed E-state index contributed by atoms with van der Waals surface area (Å²) in [5.41, 5.74) is 1.73. The highest BCUT2D eigenvalue weighted by molar-refractivity contribution is 5.14. The van der Waals surface area contributed by atoms with Crippen LogP contribution >= 0.6 is 0 Å². The summed E-state index contributed by atoms with van der Waals surface area (Å²) < 4.78 is 5.65. The predicted octanol–water partition coefficient (Wildman–Crippen LogP) is 3.75. The molecule has 1 heterocycles. The fourth-order valence-electron chi connectivity index (χ4n) is 6.97. The highest BCUT2D eigenvalue weighted by atomic mass is 16.5. The molecule has 4 bridgehead atoms. The lowest BCUT2D eigenvalue weighted by atomic mass is 9.43. The third-order valence-electron chi connectivity index (χ3n) is 6.65. The average Bonchev–Trinajstić information content (AvgIpc) is 2.33. The maximum atomic E-state index is 5.65. The van der Waals surface area contributed by atoms with Gasteiger partial charge in [-0.15, -0.1) is 0 Å². The fourth-order valence-corrected chi connectivity index (χ4v) is 6.97. The number of hydrogen-bond donors (Lipinski definition) is 1. The van der Waals surface area contributed by atoms with Crippen molar-refractivity contribution in [3.05, 3.63) is 0 Å². The molecule has 0 spiro atoms. The number of nitrogens with one attached hydrogen (secondary N) is 1. The van der Waals surface area contributed by atoms with Crippen molar-refractivity contribution in [2.24, 2.45) is 22.7 Å². The van der Waals surface area contributed by atoms with Gasteiger partial charge in [0.05, 0.1) is 6.61 Å². The Morgan fingerprint density at radius 2 is 1.80 bits per heavy atom. The molecule has 1 saturated heterocycles. The van der Waals surface area contributed by atoms with Crippen molar-refractivity contribution >= 4 is 0 Å². The Balaban J connectivity index is 1.46. The van der Waals surface area contributed by atoms with Crippen LogP contribution in [0.25, 0.3) is 0 Å². The summed E-state index contributed by atoms with van der Waals surface area (Å²) in [4.78, 5) is 0. The van der Waals surface area contributed by atoms with Crippen LogP contribution in [0.2, 0.25) is 0 Å². The molecule has 3 unspecified atom stereocenters. The van der Waals surface area contributed by atoms with Gasteiger partial charge in [0.2, 0.25) is 0 Å². The first-order valence-corrected chi connectivity index (χ1v) is 8.81. The highest BCUT2D eigenvalue weighted by Gasteiger charge is 2.59. The van der Waals surface area contributed by atoms with Crippen LogP contribution in [0.1, 0.15) is 65.2 Å². The Morgan fingerprint density at radius 1 is 1.05 bits per heavy atom. The summed E-state index contributed by atoms with van der Waals surface area (Å²) in [5.74, 6) is 1.76. The van der Waals surface area contributed by atoms with Crippen LogP contribution in [0.3, 0.4) is 0 Å². The molecule has 0 aromatic heterocycles. The standard InChI is InChI=1S/C18H31NO/c1-16-6-15-7-17(2,11-16)13-18(8-15,12-16)19-9-14-4-3-5-20-10-14/h14-15,19H,3-13H2,1-2H3. The van der Waals surface area contributed by atoms with Gasteiger partial charge >= 0.3 is 0 Å². The van der Waals surface area contributed by atoms with Crippen LogP contribution in [-0.2, 0) is 4.74 Å². The summed E-state index contributed by atoms with van der Waals surface area (Å²) in [5, 5.41) is 4.07. The quantitative estimate of drug-likeness (QED) is 0.848. The normalized spacial score (nSPS) is 54.3. The van der Waals surface area contributed by atoms with Crippen LogP contribution in [-0.4, -0.2) is 25.3 Å². The number of rotatable bonds is 3. The molecule has 0 radical (unpaired) electrons. The van der Waals surface area contributed by atoms with Gasteiger partial charge in [-0.2, -0.15) is 0 Å². The molecule has 5 rings (SSSR count). The van der Waals surface area contributed by atoms with E-state index in [-0.39, 0.29) is 0 Å². The zero-order chi connectivity index (χ0) is 13.8. The van der Waals surface area contributed by atoms with E-state index in [0.29, 0.717) is 16.4 Å². The molecule has 0 amide bonds. The second-order valence-corrected chi connectivity index (χ2v) is 9.37. The van der Waals surface area contributed by atoms with Gasteiger partial charge in [-0.1, -0.05) is 13.8 Å². The van der Waals surface area contributed by atoms with Crippen molar-refractivity contribution in [3.8, 4) is 0 Å². The highest BCUT2D eigenvalue weighted by Crippen LogP contribution is 2.66. The van der Waals surface area contributed by atoms with Crippen molar-refractivity contribution < 1.29 is 4.74 Å². The van der Waals surface area contributed by atoms with Crippen LogP contribution in [0.15, 0.2) is 0 Å². The third kappa shape index (κ3) is 2.33. The fraction of sp³-hybridized carbons (Fsp3) is 1.00. The van der Waals surface area contributed by atoms with E-state index in [2.05, 4.69) is 19.2 Å². The van der Waals surface area contributed by atoms with Crippen molar-refractivity contribution in [2.45, 2.75) is 70.8 Å². The molecule has 5 aliphatic rings. The summed E-state index contributed by atoms with van der Waals surface area (Å²) in [7, 11) is 0. The molecule has 5 fully saturated rings. The minimum Gasteiger partial charge on any atom is -0.381 e. The summed E-state index contributed by atoms with van der Waals surface area (Å²) >= 11 is 0. The first-order valence-electron chi connectivity index (χ1n) is 8.81. The van der Waals surface area contributed by atoms with Gasteiger partial charge in [-0.3, -0.25) is 0 Å². The Bertz CT molecular complexity index is 369. The Labute approximate surface area is 124 Å². The molecule has 0 aromatic rings. The van der Waals surface area contributed by atoms with Crippen molar-refractivity contribution in [2.75, 3.05) is 19.8 Å². The molecular weight excluding hydrogens is 246 g/mol. The largest absolute Gasteiger partial charge is 0.381 e. The lowest BCUT2D eigenvalue weighted by molar-refractivity contribution is -0.119. The average molecular weight is 277 g/mol. The van der Waals surface area contributed by atoms with Crippen LogP contribution in [0, 0.1) is 22.7 Å². The smallest absolute Gasteiger partial charge is 0.0506 e. The summed E-state index contributed by atoms with van der Waals surface area (Å²) in [6.45, 7) is 8.30. The van der Waals surface area contributed by atoms with Gasteiger partial charge in [0, 0.05) is 18.7 Å². The zero-order valence-corrected chi connectivity index (χ0v) is 13.3. The maximum absolute atomic E-state index is 5.65. The SMILES string of the molecule is CC12CC3CC(C)(C1)CC(NCC1CCCOC1)(C3)C2. The van der Waals surface area contributed by atoms with E-state index in [1.165, 1.54) is 57.9 Å². The minimum absolute atomic E-state index is 0.473. The molecule has 2 nitrogen and oxygen atoms in total. The Kier molecular flexibility index (Phi) is 3.03. The molecule has 0 aromatic carbocycles. The van der Waals surface area contributed by atoms with Crippen LogP contribution < -0.4 is 5.32 Å². The lowest BCUT2D eigenvalue weighted by Gasteiger charge is -2.65. The van der Waals surface area contributed by atoms with Crippen LogP contribution in [0.4, 0.5) is 0 Å². The third-order valence-corrected chi connectivity index (χ3v) is 6.65. The van der Waals surface area contributed by atoms with E-state index in [1.54, 1.807) is 0 Å². The lowest BCUT2D eigenvalue weighted by Crippen LogP contribution is -2.64. The first-order chi connectivity index (χ1) is 9.49. The predicted molar refractivity (Wildman–Crippen MR) is 81.7 cm³/mol. The summed E-state index contributed by atoms with van der Waals surface area (Å²) in [6.07, 6.45) is 11.4. The second-order valence-electron chi connectivity index (χ2n) is 9.37.